The summed E-state index contributed by atoms with van der Waals surface area (Å²) in [7, 11) is 1.72. The van der Waals surface area contributed by atoms with E-state index in [1.165, 1.54) is 17.8 Å². The van der Waals surface area contributed by atoms with Gasteiger partial charge in [0.2, 0.25) is 0 Å². The Kier molecular flexibility index (Phi) is 9.93. The van der Waals surface area contributed by atoms with Gasteiger partial charge in [0.05, 0.1) is 35.2 Å². The van der Waals surface area contributed by atoms with E-state index in [1.54, 1.807) is 7.11 Å². The van der Waals surface area contributed by atoms with E-state index in [9.17, 15) is 14.7 Å². The van der Waals surface area contributed by atoms with Crippen molar-refractivity contribution in [1.82, 2.24) is 25.1 Å². The van der Waals surface area contributed by atoms with Crippen molar-refractivity contribution in [3.63, 3.8) is 0 Å². The van der Waals surface area contributed by atoms with Crippen LogP contribution in [0.2, 0.25) is 0 Å². The second kappa shape index (κ2) is 14.8. The second-order valence-electron chi connectivity index (χ2n) is 18.2. The third-order valence-corrected chi connectivity index (χ3v) is 14.1. The SMILES string of the molecule is COCCNCCOC12CC3(C)CC(C)(CC(Cn4ncc(-c5ccc(N6CCc7cccc(C(=O)Nc8nc9ccccc9s8)c7C6)nc5C(=O)O)c4C)(C3)C1)C2. The lowest BCUT2D eigenvalue weighted by Gasteiger charge is -2.69. The molecular weight excluding hydrogens is 751 g/mol. The summed E-state index contributed by atoms with van der Waals surface area (Å²) < 4.78 is 15.2. The molecule has 0 saturated heterocycles. The zero-order valence-electron chi connectivity index (χ0n) is 33.9. The number of nitrogens with one attached hydrogen (secondary N) is 2. The molecule has 0 radical (unpaired) electrons. The summed E-state index contributed by atoms with van der Waals surface area (Å²) in [6.07, 6.45) is 9.23. The lowest BCUT2D eigenvalue weighted by atomic mass is 9.39. The third-order valence-electron chi connectivity index (χ3n) is 13.1. The van der Waals surface area contributed by atoms with Crippen molar-refractivity contribution in [2.24, 2.45) is 16.2 Å². The Morgan fingerprint density at radius 3 is 2.48 bits per heavy atom. The number of hydrogen-bond acceptors (Lipinski definition) is 10. The molecule has 5 aromatic rings. The van der Waals surface area contributed by atoms with E-state index in [2.05, 4.69) is 45.1 Å². The van der Waals surface area contributed by atoms with E-state index in [0.717, 1.165) is 84.3 Å². The molecule has 13 heteroatoms. The largest absolute Gasteiger partial charge is 0.476 e. The molecule has 12 nitrogen and oxygen atoms in total. The first-order chi connectivity index (χ1) is 27.9. The number of carbonyl (C=O) groups excluding carboxylic acids is 1. The van der Waals surface area contributed by atoms with Crippen LogP contribution in [0, 0.1) is 23.2 Å². The number of thiazole rings is 1. The summed E-state index contributed by atoms with van der Waals surface area (Å²) >= 11 is 1.44. The first-order valence-electron chi connectivity index (χ1n) is 20.5. The van der Waals surface area contributed by atoms with Gasteiger partial charge in [-0.3, -0.25) is 14.8 Å². The molecule has 4 heterocycles. The van der Waals surface area contributed by atoms with Crippen molar-refractivity contribution >= 4 is 44.4 Å². The summed E-state index contributed by atoms with van der Waals surface area (Å²) in [4.78, 5) is 38.0. The molecule has 304 valence electrons. The van der Waals surface area contributed by atoms with E-state index in [1.807, 2.05) is 61.7 Å². The van der Waals surface area contributed by atoms with Crippen LogP contribution in [0.4, 0.5) is 10.9 Å². The lowest BCUT2D eigenvalue weighted by Crippen LogP contribution is -2.64. The standard InChI is InChI=1S/C45H53N7O5S/c1-29-33(20-47-52(29)28-44-23-42(2)22-43(3,24-44)26-45(25-42,27-44)57-19-16-46-15-18-56-4)31-12-13-37(49-38(31)40(54)55)51-17-14-30-8-7-9-32(34(30)21-51)39(53)50-41-48-35-10-5-6-11-36(35)58-41/h5-13,20,46H,14-19,21-28H2,1-4H3,(H,54,55)(H,48,50,53). The fourth-order valence-corrected chi connectivity index (χ4v) is 12.9. The Labute approximate surface area is 343 Å². The predicted molar refractivity (Wildman–Crippen MR) is 226 cm³/mol. The minimum absolute atomic E-state index is 0.00546. The quantitative estimate of drug-likeness (QED) is 0.0954. The van der Waals surface area contributed by atoms with Crippen molar-refractivity contribution < 1.29 is 24.2 Å². The van der Waals surface area contributed by atoms with E-state index in [0.29, 0.717) is 54.8 Å². The molecule has 4 saturated carbocycles. The van der Waals surface area contributed by atoms with Crippen LogP contribution in [0.3, 0.4) is 0 Å². The average Bonchev–Trinajstić information content (AvgIpc) is 3.75. The van der Waals surface area contributed by atoms with E-state index >= 15 is 0 Å². The number of amides is 1. The number of nitrogens with zero attached hydrogens (tertiary/aromatic N) is 5. The summed E-state index contributed by atoms with van der Waals surface area (Å²) in [5, 5.41) is 22.5. The normalized spacial score (nSPS) is 26.0. The molecule has 5 aliphatic rings. The molecule has 2 aromatic carbocycles. The monoisotopic (exact) mass is 803 g/mol. The number of hydrogen-bond donors (Lipinski definition) is 3. The molecule has 58 heavy (non-hydrogen) atoms. The highest BCUT2D eigenvalue weighted by molar-refractivity contribution is 7.22. The zero-order valence-corrected chi connectivity index (χ0v) is 34.7. The molecule has 1 amide bonds. The number of aromatic carboxylic acids is 1. The number of aromatic nitrogens is 4. The highest BCUT2D eigenvalue weighted by Crippen LogP contribution is 2.72. The van der Waals surface area contributed by atoms with Gasteiger partial charge in [-0.15, -0.1) is 0 Å². The van der Waals surface area contributed by atoms with Crippen LogP contribution < -0.4 is 15.5 Å². The molecule has 3 aromatic heterocycles. The number of benzene rings is 2. The maximum absolute atomic E-state index is 13.6. The van der Waals surface area contributed by atoms with Crippen LogP contribution in [0.1, 0.15) is 90.0 Å². The van der Waals surface area contributed by atoms with Crippen LogP contribution in [-0.4, -0.2) is 82.3 Å². The fourth-order valence-electron chi connectivity index (χ4n) is 12.1. The molecule has 10 rings (SSSR count). The summed E-state index contributed by atoms with van der Waals surface area (Å²) in [5.41, 5.74) is 6.03. The molecule has 4 aliphatic carbocycles. The average molecular weight is 804 g/mol. The number of pyridine rings is 1. The summed E-state index contributed by atoms with van der Waals surface area (Å²) in [5.74, 6) is -0.743. The number of para-hydroxylation sites is 1. The molecule has 0 spiro atoms. The van der Waals surface area contributed by atoms with Crippen LogP contribution in [0.5, 0.6) is 0 Å². The first kappa shape index (κ1) is 38.8. The first-order valence-corrected chi connectivity index (χ1v) is 21.3. The minimum atomic E-state index is -1.09. The maximum Gasteiger partial charge on any atom is 0.355 e. The Hall–Kier alpha value is -4.69. The van der Waals surface area contributed by atoms with Gasteiger partial charge in [0.25, 0.3) is 5.91 Å². The van der Waals surface area contributed by atoms with Gasteiger partial charge in [0.15, 0.2) is 10.8 Å². The van der Waals surface area contributed by atoms with Gasteiger partial charge in [-0.25, -0.2) is 14.8 Å². The Morgan fingerprint density at radius 2 is 1.71 bits per heavy atom. The Bertz CT molecular complexity index is 2340. The third kappa shape index (κ3) is 7.31. The van der Waals surface area contributed by atoms with Crippen LogP contribution in [0.25, 0.3) is 21.3 Å². The molecule has 1 aliphatic heterocycles. The van der Waals surface area contributed by atoms with Crippen molar-refractivity contribution in [3.8, 4) is 11.1 Å². The number of rotatable bonds is 14. The van der Waals surface area contributed by atoms with Crippen LogP contribution >= 0.6 is 11.3 Å². The Morgan fingerprint density at radius 1 is 0.914 bits per heavy atom. The van der Waals surface area contributed by atoms with Crippen molar-refractivity contribution in [2.45, 2.75) is 84.4 Å². The van der Waals surface area contributed by atoms with Gasteiger partial charge in [0.1, 0.15) is 5.82 Å². The summed E-state index contributed by atoms with van der Waals surface area (Å²) in [6, 6.07) is 17.4. The van der Waals surface area contributed by atoms with Gasteiger partial charge in [-0.2, -0.15) is 5.10 Å². The number of carbonyl (C=O) groups is 2. The zero-order chi connectivity index (χ0) is 40.3. The fraction of sp³-hybridized carbons (Fsp3) is 0.489. The highest BCUT2D eigenvalue weighted by Gasteiger charge is 2.66. The van der Waals surface area contributed by atoms with Crippen molar-refractivity contribution in [1.29, 1.82) is 0 Å². The van der Waals surface area contributed by atoms with Crippen molar-refractivity contribution in [3.05, 3.63) is 88.9 Å². The second-order valence-corrected chi connectivity index (χ2v) is 19.2. The molecule has 2 atom stereocenters. The Balaban J connectivity index is 0.937. The summed E-state index contributed by atoms with van der Waals surface area (Å²) in [6.45, 7) is 11.8. The topological polar surface area (TPSA) is 144 Å². The predicted octanol–water partition coefficient (Wildman–Crippen LogP) is 7.75. The van der Waals surface area contributed by atoms with Gasteiger partial charge in [-0.05, 0) is 110 Å². The molecular formula is C45H53N7O5S. The van der Waals surface area contributed by atoms with Gasteiger partial charge < -0.3 is 24.8 Å². The number of anilines is 2. The number of fused-ring (bicyclic) bond motifs is 2. The molecule has 2 unspecified atom stereocenters. The number of carboxylic acids is 1. The molecule has 3 N–H and O–H groups in total. The smallest absolute Gasteiger partial charge is 0.355 e. The maximum atomic E-state index is 13.6. The van der Waals surface area contributed by atoms with Crippen LogP contribution in [0.15, 0.2) is 60.8 Å². The molecule has 4 bridgehead atoms. The van der Waals surface area contributed by atoms with E-state index in [-0.39, 0.29) is 33.4 Å². The lowest BCUT2D eigenvalue weighted by molar-refractivity contribution is -0.247. The number of methoxy groups -OCH3 is 1. The minimum Gasteiger partial charge on any atom is -0.476 e. The van der Waals surface area contributed by atoms with Crippen molar-refractivity contribution in [2.75, 3.05) is 50.2 Å². The molecule has 4 fully saturated rings. The number of ether oxygens (including phenoxy) is 2. The van der Waals surface area contributed by atoms with Gasteiger partial charge in [0, 0.05) is 62.2 Å². The van der Waals surface area contributed by atoms with Gasteiger partial charge >= 0.3 is 5.97 Å². The number of carboxylic acid groups (broad SMARTS) is 1. The van der Waals surface area contributed by atoms with Crippen LogP contribution in [-0.2, 0) is 29.0 Å². The highest BCUT2D eigenvalue weighted by atomic mass is 32.1. The van der Waals surface area contributed by atoms with E-state index < -0.39 is 5.97 Å². The van der Waals surface area contributed by atoms with E-state index in [4.69, 9.17) is 19.6 Å². The van der Waals surface area contributed by atoms with Gasteiger partial charge in [-0.1, -0.05) is 49.4 Å².